The highest BCUT2D eigenvalue weighted by Gasteiger charge is 2.18. The summed E-state index contributed by atoms with van der Waals surface area (Å²) in [5.74, 6) is 0. The standard InChI is InChI=1S/C11H16N2O2S/c1-16(14,15)9-5-6-11(10(12)7-9)13-8-3-2-4-8/h5-8,13H,2-4,12H2,1H3. The molecule has 1 saturated carbocycles. The highest BCUT2D eigenvalue weighted by Crippen LogP contribution is 2.28. The zero-order chi connectivity index (χ0) is 11.8. The second-order valence-corrected chi connectivity index (χ2v) is 6.31. The molecule has 2 rings (SSSR count). The zero-order valence-corrected chi connectivity index (χ0v) is 10.0. The summed E-state index contributed by atoms with van der Waals surface area (Å²) in [5, 5.41) is 3.31. The van der Waals surface area contributed by atoms with Crippen LogP contribution >= 0.6 is 0 Å². The van der Waals surface area contributed by atoms with Crippen LogP contribution < -0.4 is 11.1 Å². The number of hydrogen-bond acceptors (Lipinski definition) is 4. The minimum atomic E-state index is -3.17. The second-order valence-electron chi connectivity index (χ2n) is 4.29. The van der Waals surface area contributed by atoms with Crippen molar-refractivity contribution < 1.29 is 8.42 Å². The minimum absolute atomic E-state index is 0.268. The monoisotopic (exact) mass is 240 g/mol. The molecule has 1 aliphatic carbocycles. The quantitative estimate of drug-likeness (QED) is 0.788. The molecule has 1 fully saturated rings. The lowest BCUT2D eigenvalue weighted by molar-refractivity contribution is 0.446. The van der Waals surface area contributed by atoms with Crippen LogP contribution in [0, 0.1) is 0 Å². The van der Waals surface area contributed by atoms with Crippen molar-refractivity contribution >= 4 is 21.2 Å². The number of nitrogens with two attached hydrogens (primary N) is 1. The van der Waals surface area contributed by atoms with Gasteiger partial charge in [-0.05, 0) is 37.5 Å². The van der Waals surface area contributed by atoms with Gasteiger partial charge in [0.1, 0.15) is 0 Å². The normalized spacial score (nSPS) is 16.8. The molecule has 0 spiro atoms. The van der Waals surface area contributed by atoms with Crippen LogP contribution in [0.5, 0.6) is 0 Å². The molecule has 1 aromatic carbocycles. The fraction of sp³-hybridized carbons (Fsp3) is 0.455. The fourth-order valence-corrected chi connectivity index (χ4v) is 2.33. The summed E-state index contributed by atoms with van der Waals surface area (Å²) in [6.45, 7) is 0. The lowest BCUT2D eigenvalue weighted by Gasteiger charge is -2.28. The Labute approximate surface area is 95.8 Å². The summed E-state index contributed by atoms with van der Waals surface area (Å²) in [4.78, 5) is 0.268. The summed E-state index contributed by atoms with van der Waals surface area (Å²) >= 11 is 0. The summed E-state index contributed by atoms with van der Waals surface area (Å²) in [5.41, 5.74) is 7.14. The fourth-order valence-electron chi connectivity index (χ4n) is 1.68. The van der Waals surface area contributed by atoms with Crippen LogP contribution in [0.1, 0.15) is 19.3 Å². The van der Waals surface area contributed by atoms with Crippen LogP contribution in [0.15, 0.2) is 23.1 Å². The summed E-state index contributed by atoms with van der Waals surface area (Å²) in [6, 6.07) is 5.33. The van der Waals surface area contributed by atoms with Gasteiger partial charge in [-0.25, -0.2) is 8.42 Å². The van der Waals surface area contributed by atoms with E-state index in [-0.39, 0.29) is 4.90 Å². The van der Waals surface area contributed by atoms with E-state index in [9.17, 15) is 8.42 Å². The van der Waals surface area contributed by atoms with Gasteiger partial charge in [-0.2, -0.15) is 0 Å². The lowest BCUT2D eigenvalue weighted by Crippen LogP contribution is -2.27. The summed E-state index contributed by atoms with van der Waals surface area (Å²) < 4.78 is 22.6. The molecule has 5 heteroatoms. The highest BCUT2D eigenvalue weighted by atomic mass is 32.2. The maximum Gasteiger partial charge on any atom is 0.175 e. The minimum Gasteiger partial charge on any atom is -0.397 e. The molecule has 0 saturated heterocycles. The molecule has 88 valence electrons. The van der Waals surface area contributed by atoms with Crippen molar-refractivity contribution in [2.45, 2.75) is 30.2 Å². The maximum absolute atomic E-state index is 11.3. The first-order valence-electron chi connectivity index (χ1n) is 5.33. The second kappa shape index (κ2) is 3.97. The molecule has 0 aliphatic heterocycles. The molecule has 0 aromatic heterocycles. The molecule has 3 N–H and O–H groups in total. The SMILES string of the molecule is CS(=O)(=O)c1ccc(NC2CCC2)c(N)c1. The Bertz CT molecular complexity index is 493. The van der Waals surface area contributed by atoms with Crippen LogP contribution in [0.4, 0.5) is 11.4 Å². The van der Waals surface area contributed by atoms with Crippen LogP contribution in [0.25, 0.3) is 0 Å². The largest absolute Gasteiger partial charge is 0.397 e. The van der Waals surface area contributed by atoms with Gasteiger partial charge < -0.3 is 11.1 Å². The van der Waals surface area contributed by atoms with Crippen LogP contribution in [-0.4, -0.2) is 20.7 Å². The van der Waals surface area contributed by atoms with Gasteiger partial charge in [-0.15, -0.1) is 0 Å². The summed E-state index contributed by atoms with van der Waals surface area (Å²) in [7, 11) is -3.17. The molecular weight excluding hydrogens is 224 g/mol. The third kappa shape index (κ3) is 2.29. The van der Waals surface area contributed by atoms with Crippen LogP contribution in [0.2, 0.25) is 0 Å². The summed E-state index contributed by atoms with van der Waals surface area (Å²) in [6.07, 6.45) is 4.75. The van der Waals surface area contributed by atoms with Gasteiger partial charge in [0.05, 0.1) is 16.3 Å². The van der Waals surface area contributed by atoms with Crippen LogP contribution in [0.3, 0.4) is 0 Å². The van der Waals surface area contributed by atoms with Gasteiger partial charge in [0.25, 0.3) is 0 Å². The van der Waals surface area contributed by atoms with Crippen molar-refractivity contribution in [1.82, 2.24) is 0 Å². The van der Waals surface area contributed by atoms with Gasteiger partial charge in [-0.1, -0.05) is 0 Å². The Morgan fingerprint density at radius 3 is 2.50 bits per heavy atom. The van der Waals surface area contributed by atoms with Gasteiger partial charge in [0.15, 0.2) is 9.84 Å². The Kier molecular flexibility index (Phi) is 2.80. The van der Waals surface area contributed by atoms with Crippen molar-refractivity contribution in [1.29, 1.82) is 0 Å². The van der Waals surface area contributed by atoms with Gasteiger partial charge in [-0.3, -0.25) is 0 Å². The van der Waals surface area contributed by atoms with Gasteiger partial charge >= 0.3 is 0 Å². The van der Waals surface area contributed by atoms with E-state index in [0.29, 0.717) is 11.7 Å². The molecule has 0 heterocycles. The number of hydrogen-bond donors (Lipinski definition) is 2. The number of nitrogen functional groups attached to an aromatic ring is 1. The zero-order valence-electron chi connectivity index (χ0n) is 9.23. The first-order valence-corrected chi connectivity index (χ1v) is 7.22. The van der Waals surface area contributed by atoms with E-state index in [4.69, 9.17) is 5.73 Å². The van der Waals surface area contributed by atoms with E-state index in [1.807, 2.05) is 0 Å². The van der Waals surface area contributed by atoms with E-state index in [1.54, 1.807) is 12.1 Å². The molecular formula is C11H16N2O2S. The molecule has 4 nitrogen and oxygen atoms in total. The van der Waals surface area contributed by atoms with Gasteiger partial charge in [0.2, 0.25) is 0 Å². The number of benzene rings is 1. The van der Waals surface area contributed by atoms with E-state index in [0.717, 1.165) is 18.5 Å². The van der Waals surface area contributed by atoms with Crippen molar-refractivity contribution in [3.8, 4) is 0 Å². The smallest absolute Gasteiger partial charge is 0.175 e. The maximum atomic E-state index is 11.3. The average Bonchev–Trinajstić information content (AvgIpc) is 2.11. The lowest BCUT2D eigenvalue weighted by atomic mass is 9.93. The van der Waals surface area contributed by atoms with E-state index >= 15 is 0 Å². The predicted octanol–water partition coefficient (Wildman–Crippen LogP) is 1.64. The van der Waals surface area contributed by atoms with Crippen molar-refractivity contribution in [3.63, 3.8) is 0 Å². The van der Waals surface area contributed by atoms with E-state index < -0.39 is 9.84 Å². The third-order valence-electron chi connectivity index (χ3n) is 2.92. The topological polar surface area (TPSA) is 72.2 Å². The van der Waals surface area contributed by atoms with Crippen molar-refractivity contribution in [2.24, 2.45) is 0 Å². The first-order chi connectivity index (χ1) is 7.47. The molecule has 0 atom stereocenters. The predicted molar refractivity (Wildman–Crippen MR) is 65.2 cm³/mol. The molecule has 0 amide bonds. The van der Waals surface area contributed by atoms with Crippen LogP contribution in [-0.2, 0) is 9.84 Å². The number of anilines is 2. The Balaban J connectivity index is 2.22. The molecule has 1 aliphatic rings. The number of nitrogens with one attached hydrogen (secondary N) is 1. The van der Waals surface area contributed by atoms with Crippen molar-refractivity contribution in [3.05, 3.63) is 18.2 Å². The highest BCUT2D eigenvalue weighted by molar-refractivity contribution is 7.90. The molecule has 16 heavy (non-hydrogen) atoms. The van der Waals surface area contributed by atoms with E-state index in [1.165, 1.54) is 18.7 Å². The molecule has 0 bridgehead atoms. The number of sulfone groups is 1. The number of rotatable bonds is 3. The van der Waals surface area contributed by atoms with Crippen molar-refractivity contribution in [2.75, 3.05) is 17.3 Å². The third-order valence-corrected chi connectivity index (χ3v) is 4.03. The Morgan fingerprint density at radius 1 is 1.38 bits per heavy atom. The molecule has 0 unspecified atom stereocenters. The Hall–Kier alpha value is -1.23. The first kappa shape index (κ1) is 11.3. The van der Waals surface area contributed by atoms with Gasteiger partial charge in [0, 0.05) is 12.3 Å². The average molecular weight is 240 g/mol. The molecule has 0 radical (unpaired) electrons. The Morgan fingerprint density at radius 2 is 2.06 bits per heavy atom. The molecule has 1 aromatic rings. The van der Waals surface area contributed by atoms with E-state index in [2.05, 4.69) is 5.32 Å².